The zero-order chi connectivity index (χ0) is 15.9. The quantitative estimate of drug-likeness (QED) is 0.434. The monoisotopic (exact) mass is 458 g/mol. The zero-order valence-electron chi connectivity index (χ0n) is 13.7. The van der Waals surface area contributed by atoms with Crippen molar-refractivity contribution in [2.24, 2.45) is 4.99 Å². The first-order valence-corrected chi connectivity index (χ1v) is 8.79. The molecule has 0 radical (unpaired) electrons. The van der Waals surface area contributed by atoms with Crippen molar-refractivity contribution in [1.29, 1.82) is 0 Å². The first-order chi connectivity index (χ1) is 11.3. The number of nitrogens with one attached hydrogen (secondary N) is 1. The number of halogens is 1. The number of ether oxygens (including phenoxy) is 1. The van der Waals surface area contributed by atoms with Gasteiger partial charge in [-0.25, -0.2) is 4.98 Å². The maximum Gasteiger partial charge on any atom is 0.193 e. The molecule has 1 aliphatic heterocycles. The molecule has 1 aliphatic rings. The molecular weight excluding hydrogens is 435 g/mol. The van der Waals surface area contributed by atoms with Gasteiger partial charge in [0, 0.05) is 44.6 Å². The summed E-state index contributed by atoms with van der Waals surface area (Å²) in [6.07, 6.45) is 4.13. The topological polar surface area (TPSA) is 49.8 Å². The Kier molecular flexibility index (Phi) is 7.77. The minimum Gasteiger partial charge on any atom is -0.490 e. The van der Waals surface area contributed by atoms with Gasteiger partial charge < -0.3 is 15.0 Å². The fraction of sp³-hybridized carbons (Fsp3) is 0.412. The zero-order valence-corrected chi connectivity index (χ0v) is 16.9. The molecule has 0 saturated carbocycles. The lowest BCUT2D eigenvalue weighted by Gasteiger charge is -2.34. The third-order valence-electron chi connectivity index (χ3n) is 3.88. The third-order valence-corrected chi connectivity index (χ3v) is 4.66. The predicted molar refractivity (Wildman–Crippen MR) is 109 cm³/mol. The summed E-state index contributed by atoms with van der Waals surface area (Å²) in [6, 6.07) is 10.1. The van der Waals surface area contributed by atoms with E-state index < -0.39 is 0 Å². The van der Waals surface area contributed by atoms with Gasteiger partial charge in [0.25, 0.3) is 0 Å². The van der Waals surface area contributed by atoms with Gasteiger partial charge in [-0.2, -0.15) is 0 Å². The summed E-state index contributed by atoms with van der Waals surface area (Å²) in [7, 11) is 1.83. The summed E-state index contributed by atoms with van der Waals surface area (Å²) >= 11 is 1.66. The molecule has 2 heterocycles. The van der Waals surface area contributed by atoms with Crippen LogP contribution in [0.4, 0.5) is 0 Å². The van der Waals surface area contributed by atoms with Gasteiger partial charge in [-0.15, -0.1) is 35.3 Å². The van der Waals surface area contributed by atoms with Crippen LogP contribution in [0.3, 0.4) is 0 Å². The van der Waals surface area contributed by atoms with Gasteiger partial charge in [0.05, 0.1) is 6.54 Å². The van der Waals surface area contributed by atoms with Crippen molar-refractivity contribution in [1.82, 2.24) is 15.2 Å². The van der Waals surface area contributed by atoms with Gasteiger partial charge in [-0.3, -0.25) is 4.99 Å². The van der Waals surface area contributed by atoms with E-state index in [2.05, 4.69) is 20.2 Å². The SMILES string of the molecule is CN=C(NCc1nccs1)N1CCC(Oc2ccccc2)CC1.I. The summed E-state index contributed by atoms with van der Waals surface area (Å²) in [5.41, 5.74) is 0. The van der Waals surface area contributed by atoms with Crippen LogP contribution in [0.15, 0.2) is 46.9 Å². The molecule has 7 heteroatoms. The van der Waals surface area contributed by atoms with Gasteiger partial charge in [0.1, 0.15) is 16.9 Å². The first-order valence-electron chi connectivity index (χ1n) is 7.91. The lowest BCUT2D eigenvalue weighted by molar-refractivity contribution is 0.129. The Morgan fingerprint density at radius 1 is 1.33 bits per heavy atom. The van der Waals surface area contributed by atoms with Crippen LogP contribution in [0.1, 0.15) is 17.8 Å². The Hall–Kier alpha value is -1.35. The maximum absolute atomic E-state index is 6.04. The summed E-state index contributed by atoms with van der Waals surface area (Å²) in [5.74, 6) is 1.90. The number of likely N-dealkylation sites (tertiary alicyclic amines) is 1. The van der Waals surface area contributed by atoms with E-state index in [0.717, 1.165) is 49.2 Å². The second kappa shape index (κ2) is 9.83. The summed E-state index contributed by atoms with van der Waals surface area (Å²) in [6.45, 7) is 2.63. The first kappa shape index (κ1) is 19.0. The van der Waals surface area contributed by atoms with E-state index in [0.29, 0.717) is 0 Å². The number of hydrogen-bond acceptors (Lipinski definition) is 4. The van der Waals surface area contributed by atoms with Crippen molar-refractivity contribution < 1.29 is 4.74 Å². The van der Waals surface area contributed by atoms with Gasteiger partial charge >= 0.3 is 0 Å². The van der Waals surface area contributed by atoms with E-state index in [9.17, 15) is 0 Å². The number of para-hydroxylation sites is 1. The molecule has 1 aromatic carbocycles. The standard InChI is InChI=1S/C17H22N4OS.HI/c1-18-17(20-13-16-19-9-12-23-16)21-10-7-15(8-11-21)22-14-5-3-2-4-6-14;/h2-6,9,12,15H,7-8,10-11,13H2,1H3,(H,18,20);1H. The molecule has 0 unspecified atom stereocenters. The van der Waals surface area contributed by atoms with E-state index in [1.54, 1.807) is 11.3 Å². The molecule has 0 spiro atoms. The molecule has 3 rings (SSSR count). The number of piperidine rings is 1. The van der Waals surface area contributed by atoms with E-state index >= 15 is 0 Å². The lowest BCUT2D eigenvalue weighted by atomic mass is 10.1. The number of rotatable bonds is 4. The molecule has 1 N–H and O–H groups in total. The Balaban J connectivity index is 0.00000208. The number of thiazole rings is 1. The van der Waals surface area contributed by atoms with E-state index in [1.807, 2.05) is 49.0 Å². The Morgan fingerprint density at radius 3 is 2.71 bits per heavy atom. The number of benzene rings is 1. The fourth-order valence-corrected chi connectivity index (χ4v) is 3.26. The van der Waals surface area contributed by atoms with Crippen LogP contribution in [0.5, 0.6) is 5.75 Å². The molecule has 5 nitrogen and oxygen atoms in total. The molecule has 0 atom stereocenters. The molecule has 1 saturated heterocycles. The van der Waals surface area contributed by atoms with Crippen LogP contribution >= 0.6 is 35.3 Å². The number of guanidine groups is 1. The summed E-state index contributed by atoms with van der Waals surface area (Å²) in [5, 5.41) is 6.46. The number of nitrogens with zero attached hydrogens (tertiary/aromatic N) is 3. The molecule has 0 aliphatic carbocycles. The highest BCUT2D eigenvalue weighted by molar-refractivity contribution is 14.0. The molecule has 130 valence electrons. The largest absolute Gasteiger partial charge is 0.490 e. The summed E-state index contributed by atoms with van der Waals surface area (Å²) < 4.78 is 6.04. The van der Waals surface area contributed by atoms with Crippen LogP contribution in [-0.4, -0.2) is 42.1 Å². The minimum absolute atomic E-state index is 0. The number of aromatic nitrogens is 1. The van der Waals surface area contributed by atoms with Crippen LogP contribution < -0.4 is 10.1 Å². The van der Waals surface area contributed by atoms with Gasteiger partial charge in [-0.05, 0) is 12.1 Å². The smallest absolute Gasteiger partial charge is 0.193 e. The average Bonchev–Trinajstić information content (AvgIpc) is 3.11. The van der Waals surface area contributed by atoms with Crippen molar-refractivity contribution in [3.63, 3.8) is 0 Å². The summed E-state index contributed by atoms with van der Waals surface area (Å²) in [4.78, 5) is 11.0. The molecular formula is C17H23IN4OS. The molecule has 2 aromatic rings. The maximum atomic E-state index is 6.04. The van der Waals surface area contributed by atoms with Crippen LogP contribution in [0, 0.1) is 0 Å². The third kappa shape index (κ3) is 5.34. The van der Waals surface area contributed by atoms with E-state index in [-0.39, 0.29) is 30.1 Å². The molecule has 0 amide bonds. The number of aliphatic imine (C=N–C) groups is 1. The van der Waals surface area contributed by atoms with Crippen molar-refractivity contribution in [3.05, 3.63) is 46.9 Å². The van der Waals surface area contributed by atoms with Gasteiger partial charge in [0.2, 0.25) is 0 Å². The van der Waals surface area contributed by atoms with Gasteiger partial charge in [0.15, 0.2) is 5.96 Å². The minimum atomic E-state index is 0. The highest BCUT2D eigenvalue weighted by Gasteiger charge is 2.22. The second-order valence-corrected chi connectivity index (χ2v) is 6.42. The van der Waals surface area contributed by atoms with Crippen LogP contribution in [0.2, 0.25) is 0 Å². The second-order valence-electron chi connectivity index (χ2n) is 5.44. The van der Waals surface area contributed by atoms with Crippen molar-refractivity contribution in [2.45, 2.75) is 25.5 Å². The molecule has 1 aromatic heterocycles. The molecule has 24 heavy (non-hydrogen) atoms. The molecule has 1 fully saturated rings. The van der Waals surface area contributed by atoms with Crippen molar-refractivity contribution in [2.75, 3.05) is 20.1 Å². The van der Waals surface area contributed by atoms with E-state index in [4.69, 9.17) is 4.74 Å². The Bertz CT molecular complexity index is 613. The highest BCUT2D eigenvalue weighted by atomic mass is 127. The van der Waals surface area contributed by atoms with E-state index in [1.165, 1.54) is 0 Å². The van der Waals surface area contributed by atoms with Gasteiger partial charge in [-0.1, -0.05) is 18.2 Å². The highest BCUT2D eigenvalue weighted by Crippen LogP contribution is 2.18. The molecule has 0 bridgehead atoms. The van der Waals surface area contributed by atoms with Crippen molar-refractivity contribution >= 4 is 41.3 Å². The van der Waals surface area contributed by atoms with Crippen LogP contribution in [0.25, 0.3) is 0 Å². The average molecular weight is 458 g/mol. The number of hydrogen-bond donors (Lipinski definition) is 1. The van der Waals surface area contributed by atoms with Crippen molar-refractivity contribution in [3.8, 4) is 5.75 Å². The Morgan fingerprint density at radius 2 is 2.08 bits per heavy atom. The predicted octanol–water partition coefficient (Wildman–Crippen LogP) is 3.38. The van der Waals surface area contributed by atoms with Crippen LogP contribution in [-0.2, 0) is 6.54 Å². The lowest BCUT2D eigenvalue weighted by Crippen LogP contribution is -2.47. The fourth-order valence-electron chi connectivity index (χ4n) is 2.70. The Labute approximate surface area is 164 Å². The normalized spacial score (nSPS) is 15.7.